The lowest BCUT2D eigenvalue weighted by Gasteiger charge is -2.48. The molecule has 0 radical (unpaired) electrons. The monoisotopic (exact) mass is 451 g/mol. The standard InChI is InChI=1S/C25H30ClN5O/c1-16(2)21(27)24(32)31-14-13-30(15-25(31,3)4)23-20-8-6-5-7-19(20)22(28-29-23)17-9-11-18(26)12-10-17/h5-12,16,21H,13-15,27H2,1-4H3/t21-/m0/s1. The van der Waals surface area contributed by atoms with E-state index in [9.17, 15) is 4.79 Å². The lowest BCUT2D eigenvalue weighted by Crippen LogP contribution is -2.64. The summed E-state index contributed by atoms with van der Waals surface area (Å²) in [5.74, 6) is 0.955. The van der Waals surface area contributed by atoms with E-state index in [2.05, 4.69) is 41.1 Å². The van der Waals surface area contributed by atoms with E-state index in [1.807, 2.05) is 55.1 Å². The van der Waals surface area contributed by atoms with Crippen LogP contribution in [0.1, 0.15) is 27.7 Å². The van der Waals surface area contributed by atoms with Crippen LogP contribution in [0.5, 0.6) is 0 Å². The molecule has 0 spiro atoms. The van der Waals surface area contributed by atoms with Crippen molar-refractivity contribution < 1.29 is 4.79 Å². The average Bonchev–Trinajstić information content (AvgIpc) is 2.77. The first-order valence-corrected chi connectivity index (χ1v) is 11.4. The van der Waals surface area contributed by atoms with E-state index in [0.717, 1.165) is 27.8 Å². The molecule has 1 saturated heterocycles. The zero-order chi connectivity index (χ0) is 23.0. The maximum Gasteiger partial charge on any atom is 0.240 e. The van der Waals surface area contributed by atoms with E-state index in [1.54, 1.807) is 0 Å². The number of aromatic nitrogens is 2. The third-order valence-electron chi connectivity index (χ3n) is 6.26. The van der Waals surface area contributed by atoms with Crippen LogP contribution in [0.25, 0.3) is 22.0 Å². The number of carbonyl (C=O) groups excluding carboxylic acids is 1. The molecule has 0 saturated carbocycles. The van der Waals surface area contributed by atoms with Gasteiger partial charge in [0, 0.05) is 41.0 Å². The third-order valence-corrected chi connectivity index (χ3v) is 6.51. The van der Waals surface area contributed by atoms with Crippen molar-refractivity contribution in [3.8, 4) is 11.3 Å². The second kappa shape index (κ2) is 8.68. The Balaban J connectivity index is 1.67. The molecule has 1 aliphatic rings. The third kappa shape index (κ3) is 4.17. The fourth-order valence-corrected chi connectivity index (χ4v) is 4.48. The molecule has 168 valence electrons. The molecule has 0 aliphatic carbocycles. The SMILES string of the molecule is CC(C)[C@H](N)C(=O)N1CCN(c2nnc(-c3ccc(Cl)cc3)c3ccccc23)CC1(C)C. The number of amides is 1. The molecule has 1 atom stereocenters. The zero-order valence-electron chi connectivity index (χ0n) is 19.0. The van der Waals surface area contributed by atoms with Gasteiger partial charge in [-0.25, -0.2) is 0 Å². The van der Waals surface area contributed by atoms with Crippen molar-refractivity contribution >= 4 is 34.1 Å². The van der Waals surface area contributed by atoms with Gasteiger partial charge in [-0.15, -0.1) is 10.2 Å². The average molecular weight is 452 g/mol. The molecule has 3 aromatic rings. The predicted octanol–water partition coefficient (Wildman–Crippen LogP) is 4.36. The number of fused-ring (bicyclic) bond motifs is 1. The Bertz CT molecular complexity index is 1130. The summed E-state index contributed by atoms with van der Waals surface area (Å²) in [7, 11) is 0. The second-order valence-corrected chi connectivity index (χ2v) is 9.85. The van der Waals surface area contributed by atoms with Crippen molar-refractivity contribution in [3.63, 3.8) is 0 Å². The van der Waals surface area contributed by atoms with E-state index in [4.69, 9.17) is 17.3 Å². The number of nitrogens with zero attached hydrogens (tertiary/aromatic N) is 4. The minimum Gasteiger partial charge on any atom is -0.351 e. The van der Waals surface area contributed by atoms with Gasteiger partial charge in [0.15, 0.2) is 5.82 Å². The molecule has 4 rings (SSSR count). The van der Waals surface area contributed by atoms with Crippen molar-refractivity contribution in [1.29, 1.82) is 0 Å². The fraction of sp³-hybridized carbons (Fsp3) is 0.400. The van der Waals surface area contributed by atoms with Crippen LogP contribution in [0.4, 0.5) is 5.82 Å². The molecular weight excluding hydrogens is 422 g/mol. The summed E-state index contributed by atoms with van der Waals surface area (Å²) in [5, 5.41) is 12.0. The highest BCUT2D eigenvalue weighted by atomic mass is 35.5. The van der Waals surface area contributed by atoms with Crippen molar-refractivity contribution in [3.05, 3.63) is 53.6 Å². The molecule has 7 heteroatoms. The number of hydrogen-bond donors (Lipinski definition) is 1. The van der Waals surface area contributed by atoms with E-state index < -0.39 is 6.04 Å². The quantitative estimate of drug-likeness (QED) is 0.637. The minimum atomic E-state index is -0.486. The highest BCUT2D eigenvalue weighted by molar-refractivity contribution is 6.30. The van der Waals surface area contributed by atoms with Crippen molar-refractivity contribution in [2.24, 2.45) is 11.7 Å². The molecule has 6 nitrogen and oxygen atoms in total. The second-order valence-electron chi connectivity index (χ2n) is 9.42. The minimum absolute atomic E-state index is 0.0127. The van der Waals surface area contributed by atoms with E-state index in [-0.39, 0.29) is 17.4 Å². The molecule has 2 aromatic carbocycles. The van der Waals surface area contributed by atoms with Crippen LogP contribution < -0.4 is 10.6 Å². The predicted molar refractivity (Wildman–Crippen MR) is 131 cm³/mol. The number of carbonyl (C=O) groups is 1. The molecule has 0 unspecified atom stereocenters. The van der Waals surface area contributed by atoms with Crippen LogP contribution >= 0.6 is 11.6 Å². The zero-order valence-corrected chi connectivity index (χ0v) is 19.8. The van der Waals surface area contributed by atoms with Gasteiger partial charge in [-0.3, -0.25) is 4.79 Å². The largest absolute Gasteiger partial charge is 0.351 e. The first-order valence-electron chi connectivity index (χ1n) is 11.0. The van der Waals surface area contributed by atoms with Crippen molar-refractivity contribution in [1.82, 2.24) is 15.1 Å². The summed E-state index contributed by atoms with van der Waals surface area (Å²) in [6.45, 7) is 10.1. The van der Waals surface area contributed by atoms with Crippen LogP contribution in [0.3, 0.4) is 0 Å². The van der Waals surface area contributed by atoms with Gasteiger partial charge in [0.25, 0.3) is 0 Å². The van der Waals surface area contributed by atoms with E-state index in [1.165, 1.54) is 0 Å². The maximum absolute atomic E-state index is 13.0. The van der Waals surface area contributed by atoms with E-state index >= 15 is 0 Å². The van der Waals surface area contributed by atoms with Crippen LogP contribution in [0, 0.1) is 5.92 Å². The molecule has 0 bridgehead atoms. The summed E-state index contributed by atoms with van der Waals surface area (Å²) in [6.07, 6.45) is 0. The summed E-state index contributed by atoms with van der Waals surface area (Å²) in [5.41, 5.74) is 7.61. The summed E-state index contributed by atoms with van der Waals surface area (Å²) >= 11 is 6.06. The van der Waals surface area contributed by atoms with E-state index in [0.29, 0.717) is 24.7 Å². The number of hydrogen-bond acceptors (Lipinski definition) is 5. The van der Waals surface area contributed by atoms with Gasteiger partial charge in [0.2, 0.25) is 5.91 Å². The first-order chi connectivity index (χ1) is 15.2. The Morgan fingerprint density at radius 2 is 1.69 bits per heavy atom. The van der Waals surface area contributed by atoms with Crippen molar-refractivity contribution in [2.45, 2.75) is 39.3 Å². The van der Waals surface area contributed by atoms with Crippen LogP contribution in [0.15, 0.2) is 48.5 Å². The Hall–Kier alpha value is -2.70. The topological polar surface area (TPSA) is 75.4 Å². The number of anilines is 1. The highest BCUT2D eigenvalue weighted by Gasteiger charge is 2.39. The van der Waals surface area contributed by atoms with Crippen LogP contribution in [-0.2, 0) is 4.79 Å². The van der Waals surface area contributed by atoms with Gasteiger partial charge in [0.05, 0.1) is 11.6 Å². The number of rotatable bonds is 4. The van der Waals surface area contributed by atoms with Crippen LogP contribution in [0.2, 0.25) is 5.02 Å². The van der Waals surface area contributed by atoms with Gasteiger partial charge >= 0.3 is 0 Å². The molecule has 1 aliphatic heterocycles. The molecule has 2 N–H and O–H groups in total. The number of nitrogens with two attached hydrogens (primary N) is 1. The smallest absolute Gasteiger partial charge is 0.240 e. The number of piperazine rings is 1. The molecule has 2 heterocycles. The fourth-order valence-electron chi connectivity index (χ4n) is 4.35. The normalized spacial score (nSPS) is 17.1. The molecule has 32 heavy (non-hydrogen) atoms. The Labute approximate surface area is 194 Å². The van der Waals surface area contributed by atoms with Crippen LogP contribution in [-0.4, -0.2) is 52.2 Å². The molecular formula is C25H30ClN5O. The maximum atomic E-state index is 13.0. The number of halogens is 1. The summed E-state index contributed by atoms with van der Waals surface area (Å²) in [6, 6.07) is 15.4. The highest BCUT2D eigenvalue weighted by Crippen LogP contribution is 2.34. The Morgan fingerprint density at radius 3 is 2.31 bits per heavy atom. The van der Waals surface area contributed by atoms with Gasteiger partial charge in [-0.2, -0.15) is 0 Å². The number of benzene rings is 2. The lowest BCUT2D eigenvalue weighted by molar-refractivity contribution is -0.139. The van der Waals surface area contributed by atoms with Gasteiger partial charge in [0.1, 0.15) is 5.69 Å². The summed E-state index contributed by atoms with van der Waals surface area (Å²) < 4.78 is 0. The van der Waals surface area contributed by atoms with Crippen molar-refractivity contribution in [2.75, 3.05) is 24.5 Å². The van der Waals surface area contributed by atoms with Gasteiger partial charge in [-0.1, -0.05) is 61.8 Å². The lowest BCUT2D eigenvalue weighted by atomic mass is 9.94. The van der Waals surface area contributed by atoms with Gasteiger partial charge in [-0.05, 0) is 31.9 Å². The van der Waals surface area contributed by atoms with Gasteiger partial charge < -0.3 is 15.5 Å². The molecule has 1 aromatic heterocycles. The Kier molecular flexibility index (Phi) is 6.10. The first kappa shape index (κ1) is 22.5. The molecule has 1 amide bonds. The Morgan fingerprint density at radius 1 is 1.03 bits per heavy atom. The molecule has 1 fully saturated rings. The summed E-state index contributed by atoms with van der Waals surface area (Å²) in [4.78, 5) is 17.1.